The number of benzene rings is 1. The number of hydrogen-bond donors (Lipinski definition) is 2. The molecule has 0 aliphatic carbocycles. The zero-order chi connectivity index (χ0) is 22.8. The highest BCUT2D eigenvalue weighted by molar-refractivity contribution is 7.98. The second-order valence-electron chi connectivity index (χ2n) is 7.55. The van der Waals surface area contributed by atoms with Gasteiger partial charge in [0.25, 0.3) is 11.5 Å². The molecule has 10 heteroatoms. The number of carbonyl (C=O) groups excluding carboxylic acids is 1. The van der Waals surface area contributed by atoms with Crippen LogP contribution in [0.4, 0.5) is 0 Å². The summed E-state index contributed by atoms with van der Waals surface area (Å²) in [6.45, 7) is 7.99. The summed E-state index contributed by atoms with van der Waals surface area (Å²) in [5, 5.41) is 7.05. The fourth-order valence-electron chi connectivity index (χ4n) is 3.29. The second kappa shape index (κ2) is 9.25. The number of carbonyl (C=O) groups is 1. The molecule has 0 unspecified atom stereocenters. The van der Waals surface area contributed by atoms with Crippen molar-refractivity contribution in [1.29, 1.82) is 0 Å². The Morgan fingerprint density at radius 1 is 1.22 bits per heavy atom. The van der Waals surface area contributed by atoms with Crippen molar-refractivity contribution in [1.82, 2.24) is 25.4 Å². The lowest BCUT2D eigenvalue weighted by atomic mass is 10.2. The highest BCUT2D eigenvalue weighted by Gasteiger charge is 2.19. The molecule has 3 aromatic heterocycles. The predicted molar refractivity (Wildman–Crippen MR) is 126 cm³/mol. The lowest BCUT2D eigenvalue weighted by Crippen LogP contribution is -2.25. The van der Waals surface area contributed by atoms with Crippen LogP contribution in [0.5, 0.6) is 0 Å². The van der Waals surface area contributed by atoms with Crippen LogP contribution in [0.2, 0.25) is 0 Å². The van der Waals surface area contributed by atoms with E-state index in [1.807, 2.05) is 0 Å². The van der Waals surface area contributed by atoms with E-state index in [0.29, 0.717) is 56.9 Å². The van der Waals surface area contributed by atoms with Crippen molar-refractivity contribution < 1.29 is 9.32 Å². The van der Waals surface area contributed by atoms with Crippen LogP contribution in [0.25, 0.3) is 10.2 Å². The number of thiophene rings is 1. The van der Waals surface area contributed by atoms with Crippen LogP contribution < -0.4 is 10.9 Å². The van der Waals surface area contributed by atoms with Gasteiger partial charge in [-0.2, -0.15) is 4.98 Å². The number of nitrogens with one attached hydrogen (secondary N) is 2. The number of hydrogen-bond acceptors (Lipinski definition) is 8. The molecule has 0 saturated carbocycles. The Balaban J connectivity index is 1.49. The normalized spacial score (nSPS) is 11.2. The number of nitrogens with zero attached hydrogens (tertiary/aromatic N) is 3. The van der Waals surface area contributed by atoms with Crippen LogP contribution in [0.1, 0.15) is 43.9 Å². The van der Waals surface area contributed by atoms with Crippen molar-refractivity contribution in [3.8, 4) is 0 Å². The van der Waals surface area contributed by atoms with Gasteiger partial charge in [-0.3, -0.25) is 9.59 Å². The number of aromatic nitrogens is 4. The number of fused-ring (bicyclic) bond motifs is 1. The van der Waals surface area contributed by atoms with Gasteiger partial charge in [0.05, 0.1) is 16.0 Å². The van der Waals surface area contributed by atoms with Crippen LogP contribution >= 0.6 is 23.1 Å². The molecular weight excluding hydrogens is 446 g/mol. The van der Waals surface area contributed by atoms with Gasteiger partial charge in [-0.25, -0.2) is 4.98 Å². The third-order valence-corrected chi connectivity index (χ3v) is 7.31. The van der Waals surface area contributed by atoms with Gasteiger partial charge in [-0.1, -0.05) is 22.9 Å². The maximum Gasteiger partial charge on any atom is 0.261 e. The molecule has 4 rings (SSSR count). The summed E-state index contributed by atoms with van der Waals surface area (Å²) in [6, 6.07) is 6.30. The fourth-order valence-corrected chi connectivity index (χ4v) is 5.40. The minimum atomic E-state index is -0.243. The maximum absolute atomic E-state index is 12.7. The molecular formula is C22H23N5O3S2. The van der Waals surface area contributed by atoms with E-state index in [2.05, 4.69) is 57.5 Å². The molecule has 0 radical (unpaired) electrons. The van der Waals surface area contributed by atoms with Crippen molar-refractivity contribution in [3.63, 3.8) is 0 Å². The molecule has 0 bridgehead atoms. The van der Waals surface area contributed by atoms with E-state index < -0.39 is 0 Å². The SMILES string of the molecule is Cc1ccc(C)c(SCc2nc3sc(C(=O)NCCc4nc(C)no4)c(C)c3c(=O)[nH]2)c1. The first kappa shape index (κ1) is 22.2. The average Bonchev–Trinajstić information content (AvgIpc) is 3.31. The third kappa shape index (κ3) is 4.76. The van der Waals surface area contributed by atoms with Crippen LogP contribution in [-0.2, 0) is 12.2 Å². The maximum atomic E-state index is 12.7. The second-order valence-corrected chi connectivity index (χ2v) is 9.56. The van der Waals surface area contributed by atoms with Crippen LogP contribution in [0.3, 0.4) is 0 Å². The summed E-state index contributed by atoms with van der Waals surface area (Å²) in [6.07, 6.45) is 0.440. The molecule has 2 N–H and O–H groups in total. The number of amides is 1. The molecule has 0 saturated heterocycles. The minimum absolute atomic E-state index is 0.222. The third-order valence-electron chi connectivity index (χ3n) is 4.96. The minimum Gasteiger partial charge on any atom is -0.351 e. The molecule has 4 aromatic rings. The Bertz CT molecular complexity index is 1360. The smallest absolute Gasteiger partial charge is 0.261 e. The summed E-state index contributed by atoms with van der Waals surface area (Å²) in [5.74, 6) is 1.92. The molecule has 0 aliphatic rings. The number of rotatable bonds is 7. The van der Waals surface area contributed by atoms with Crippen LogP contribution in [0, 0.1) is 27.7 Å². The molecule has 32 heavy (non-hydrogen) atoms. The first-order valence-corrected chi connectivity index (χ1v) is 11.9. The fraction of sp³-hybridized carbons (Fsp3) is 0.318. The Labute approximate surface area is 192 Å². The molecule has 1 aromatic carbocycles. The predicted octanol–water partition coefficient (Wildman–Crippen LogP) is 3.87. The molecule has 1 amide bonds. The molecule has 0 fully saturated rings. The van der Waals surface area contributed by atoms with Gasteiger partial charge in [-0.15, -0.1) is 23.1 Å². The van der Waals surface area contributed by atoms with Crippen LogP contribution in [-0.4, -0.2) is 32.6 Å². The van der Waals surface area contributed by atoms with Gasteiger partial charge in [0.1, 0.15) is 10.7 Å². The van der Waals surface area contributed by atoms with E-state index in [-0.39, 0.29) is 11.5 Å². The lowest BCUT2D eigenvalue weighted by Gasteiger charge is -2.06. The van der Waals surface area contributed by atoms with Crippen molar-refractivity contribution in [2.45, 2.75) is 44.8 Å². The van der Waals surface area contributed by atoms with Crippen molar-refractivity contribution in [2.75, 3.05) is 6.54 Å². The van der Waals surface area contributed by atoms with E-state index >= 15 is 0 Å². The Morgan fingerprint density at radius 2 is 2.03 bits per heavy atom. The summed E-state index contributed by atoms with van der Waals surface area (Å²) in [7, 11) is 0. The standard InChI is InChI=1S/C22H23N5O3S2/c1-11-5-6-12(2)15(9-11)31-10-16-25-20(28)18-13(3)19(32-22(18)26-16)21(29)23-8-7-17-24-14(4)27-30-17/h5-6,9H,7-8,10H2,1-4H3,(H,23,29)(H,25,26,28). The number of aromatic amines is 1. The van der Waals surface area contributed by atoms with Crippen molar-refractivity contribution in [2.24, 2.45) is 0 Å². The zero-order valence-corrected chi connectivity index (χ0v) is 19.9. The Morgan fingerprint density at radius 3 is 2.78 bits per heavy atom. The first-order chi connectivity index (χ1) is 15.3. The van der Waals surface area contributed by atoms with E-state index in [9.17, 15) is 9.59 Å². The van der Waals surface area contributed by atoms with E-state index in [1.165, 1.54) is 22.5 Å². The number of H-pyrrole nitrogens is 1. The van der Waals surface area contributed by atoms with E-state index in [4.69, 9.17) is 4.52 Å². The van der Waals surface area contributed by atoms with Crippen molar-refractivity contribution in [3.05, 3.63) is 67.7 Å². The summed E-state index contributed by atoms with van der Waals surface area (Å²) < 4.78 is 5.05. The van der Waals surface area contributed by atoms with Gasteiger partial charge in [-0.05, 0) is 44.9 Å². The Hall–Kier alpha value is -2.98. The monoisotopic (exact) mass is 469 g/mol. The Kier molecular flexibility index (Phi) is 6.43. The lowest BCUT2D eigenvalue weighted by molar-refractivity contribution is 0.0957. The van der Waals surface area contributed by atoms with E-state index in [0.717, 1.165) is 4.90 Å². The zero-order valence-electron chi connectivity index (χ0n) is 18.2. The number of thioether (sulfide) groups is 1. The van der Waals surface area contributed by atoms with Crippen LogP contribution in [0.15, 0.2) is 32.4 Å². The topological polar surface area (TPSA) is 114 Å². The first-order valence-electron chi connectivity index (χ1n) is 10.1. The van der Waals surface area contributed by atoms with E-state index in [1.54, 1.807) is 25.6 Å². The quantitative estimate of drug-likeness (QED) is 0.395. The summed E-state index contributed by atoms with van der Waals surface area (Å²) >= 11 is 2.87. The average molecular weight is 470 g/mol. The molecule has 0 atom stereocenters. The van der Waals surface area contributed by atoms with Gasteiger partial charge < -0.3 is 14.8 Å². The van der Waals surface area contributed by atoms with Gasteiger partial charge in [0.2, 0.25) is 5.89 Å². The molecule has 3 heterocycles. The highest BCUT2D eigenvalue weighted by Crippen LogP contribution is 2.29. The largest absolute Gasteiger partial charge is 0.351 e. The summed E-state index contributed by atoms with van der Waals surface area (Å²) in [5.41, 5.74) is 2.79. The van der Waals surface area contributed by atoms with Gasteiger partial charge in [0, 0.05) is 17.9 Å². The highest BCUT2D eigenvalue weighted by atomic mass is 32.2. The molecule has 8 nitrogen and oxygen atoms in total. The number of aryl methyl sites for hydroxylation is 4. The molecule has 0 aliphatic heterocycles. The van der Waals surface area contributed by atoms with Crippen molar-refractivity contribution >= 4 is 39.2 Å². The molecule has 166 valence electrons. The van der Waals surface area contributed by atoms with Gasteiger partial charge >= 0.3 is 0 Å². The molecule has 0 spiro atoms. The summed E-state index contributed by atoms with van der Waals surface area (Å²) in [4.78, 5) is 39.3. The van der Waals surface area contributed by atoms with Gasteiger partial charge in [0.15, 0.2) is 5.82 Å².